The Bertz CT molecular complexity index is 1500. The fourth-order valence-corrected chi connectivity index (χ4v) is 6.61. The molecule has 4 N–H and O–H groups in total. The summed E-state index contributed by atoms with van der Waals surface area (Å²) >= 11 is 0. The number of aliphatic hydroxyl groups is 2. The second kappa shape index (κ2) is 10.1. The van der Waals surface area contributed by atoms with Crippen LogP contribution in [-0.2, 0) is 22.9 Å². The van der Waals surface area contributed by atoms with Crippen LogP contribution in [0.15, 0.2) is 79.3 Å². The number of nitrogens with two attached hydrogens (primary N) is 1. The maximum absolute atomic E-state index is 13.6. The molecular formula is C27H29N4O7P. The molecule has 0 bridgehead atoms. The highest BCUT2D eigenvalue weighted by molar-refractivity contribution is 7.48. The van der Waals surface area contributed by atoms with Crippen molar-refractivity contribution in [2.24, 2.45) is 0 Å². The van der Waals surface area contributed by atoms with Crippen LogP contribution < -0.4 is 5.73 Å². The van der Waals surface area contributed by atoms with Gasteiger partial charge in [-0.2, -0.15) is 0 Å². The molecule has 2 saturated heterocycles. The maximum Gasteiger partial charge on any atom is 0.475 e. The van der Waals surface area contributed by atoms with Crippen molar-refractivity contribution in [2.45, 2.75) is 43.0 Å². The topological polar surface area (TPSA) is 151 Å². The van der Waals surface area contributed by atoms with Crippen molar-refractivity contribution in [3.8, 4) is 0 Å². The molecule has 0 aliphatic carbocycles. The van der Waals surface area contributed by atoms with Gasteiger partial charge >= 0.3 is 7.82 Å². The zero-order valence-corrected chi connectivity index (χ0v) is 22.0. The minimum absolute atomic E-state index is 0.103. The van der Waals surface area contributed by atoms with Crippen LogP contribution in [0.3, 0.4) is 0 Å². The van der Waals surface area contributed by atoms with Crippen LogP contribution in [0, 0.1) is 0 Å². The van der Waals surface area contributed by atoms with E-state index in [1.807, 2.05) is 60.7 Å². The van der Waals surface area contributed by atoms with E-state index < -0.39 is 38.0 Å². The first-order valence-electron chi connectivity index (χ1n) is 12.6. The van der Waals surface area contributed by atoms with E-state index in [9.17, 15) is 14.8 Å². The molecule has 2 aliphatic heterocycles. The molecule has 2 aliphatic rings. The van der Waals surface area contributed by atoms with E-state index in [1.165, 1.54) is 13.3 Å². The number of aromatic nitrogens is 3. The number of hydrogen-bond acceptors (Lipinski definition) is 10. The van der Waals surface area contributed by atoms with E-state index >= 15 is 0 Å². The number of ether oxygens (including phenoxy) is 1. The number of anilines is 1. The van der Waals surface area contributed by atoms with Crippen molar-refractivity contribution in [2.75, 3.05) is 18.9 Å². The quantitative estimate of drug-likeness (QED) is 0.302. The molecule has 0 spiro atoms. The summed E-state index contributed by atoms with van der Waals surface area (Å²) in [6, 6.07) is 20.9. The third kappa shape index (κ3) is 4.76. The van der Waals surface area contributed by atoms with Crippen molar-refractivity contribution >= 4 is 24.7 Å². The number of benzene rings is 2. The second-order valence-electron chi connectivity index (χ2n) is 9.91. The van der Waals surface area contributed by atoms with Gasteiger partial charge < -0.3 is 25.3 Å². The summed E-state index contributed by atoms with van der Waals surface area (Å²) in [5.74, 6) is 0.0671. The van der Waals surface area contributed by atoms with Gasteiger partial charge in [0.1, 0.15) is 41.7 Å². The Morgan fingerprint density at radius 3 is 2.51 bits per heavy atom. The summed E-state index contributed by atoms with van der Waals surface area (Å²) in [5, 5.41) is 22.7. The SMILES string of the molecule is C[C@@]1(O)[C@H](O)[C@@H](CO[P@@]2(=O)OC[C@@H](c3ccccc3)[C@@H](c3ccccc3)O2)O[C@H]1n1ccc2c(N)ncnc21. The standard InChI is InChI=1S/C27H29N4O7P/c1-27(33)23(32)21(37-26(27)31-13-12-19-24(28)29-16-30-25(19)31)15-36-39(34)35-14-20(17-8-4-2-5-9-17)22(38-39)18-10-6-3-7-11-18/h2-13,16,20-23,26,32-33H,14-15H2,1H3,(H2,28,29,30)/t20-,21+,22+,23+,26+,27+,39+/m0/s1. The van der Waals surface area contributed by atoms with Gasteiger partial charge in [-0.15, -0.1) is 0 Å². The van der Waals surface area contributed by atoms with E-state index in [2.05, 4.69) is 9.97 Å². The lowest BCUT2D eigenvalue weighted by molar-refractivity contribution is -0.0951. The molecular weight excluding hydrogens is 523 g/mol. The maximum atomic E-state index is 13.6. The number of hydrogen-bond donors (Lipinski definition) is 3. The monoisotopic (exact) mass is 552 g/mol. The van der Waals surface area contributed by atoms with Gasteiger partial charge in [0.05, 0.1) is 18.6 Å². The molecule has 2 fully saturated rings. The van der Waals surface area contributed by atoms with Crippen LogP contribution in [0.1, 0.15) is 36.3 Å². The van der Waals surface area contributed by atoms with Crippen LogP contribution in [0.25, 0.3) is 11.0 Å². The highest BCUT2D eigenvalue weighted by atomic mass is 31.2. The average molecular weight is 553 g/mol. The third-order valence-electron chi connectivity index (χ3n) is 7.32. The molecule has 4 heterocycles. The number of nitrogens with zero attached hydrogens (tertiary/aromatic N) is 3. The molecule has 12 heteroatoms. The molecule has 2 aromatic carbocycles. The Morgan fingerprint density at radius 1 is 1.10 bits per heavy atom. The van der Waals surface area contributed by atoms with Crippen molar-refractivity contribution < 1.29 is 33.1 Å². The highest BCUT2D eigenvalue weighted by Crippen LogP contribution is 2.60. The Kier molecular flexibility index (Phi) is 6.76. The second-order valence-corrected chi connectivity index (χ2v) is 11.5. The van der Waals surface area contributed by atoms with Crippen LogP contribution in [0.2, 0.25) is 0 Å². The fourth-order valence-electron chi connectivity index (χ4n) is 5.20. The van der Waals surface area contributed by atoms with Gasteiger partial charge in [-0.25, -0.2) is 14.5 Å². The van der Waals surface area contributed by atoms with Gasteiger partial charge in [0.15, 0.2) is 6.23 Å². The Morgan fingerprint density at radius 2 is 1.79 bits per heavy atom. The van der Waals surface area contributed by atoms with Crippen molar-refractivity contribution in [1.82, 2.24) is 14.5 Å². The smallest absolute Gasteiger partial charge is 0.387 e. The molecule has 6 rings (SSSR count). The molecule has 0 saturated carbocycles. The summed E-state index contributed by atoms with van der Waals surface area (Å²) < 4.78 is 38.6. The average Bonchev–Trinajstić information content (AvgIpc) is 3.47. The van der Waals surface area contributed by atoms with Crippen LogP contribution in [0.5, 0.6) is 0 Å². The van der Waals surface area contributed by atoms with Crippen LogP contribution >= 0.6 is 7.82 Å². The van der Waals surface area contributed by atoms with Gasteiger partial charge in [0.25, 0.3) is 0 Å². The Balaban J connectivity index is 1.21. The van der Waals surface area contributed by atoms with Crippen molar-refractivity contribution in [1.29, 1.82) is 0 Å². The molecule has 39 heavy (non-hydrogen) atoms. The zero-order chi connectivity index (χ0) is 27.2. The molecule has 0 unspecified atom stereocenters. The van der Waals surface area contributed by atoms with E-state index in [0.29, 0.717) is 11.0 Å². The normalized spacial score (nSPS) is 32.9. The minimum Gasteiger partial charge on any atom is -0.387 e. The van der Waals surface area contributed by atoms with Crippen LogP contribution in [-0.4, -0.2) is 55.8 Å². The van der Waals surface area contributed by atoms with Crippen molar-refractivity contribution in [3.63, 3.8) is 0 Å². The van der Waals surface area contributed by atoms with E-state index in [-0.39, 0.29) is 24.9 Å². The molecule has 7 atom stereocenters. The summed E-state index contributed by atoms with van der Waals surface area (Å²) in [6.45, 7) is 1.20. The van der Waals surface area contributed by atoms with E-state index in [0.717, 1.165) is 11.1 Å². The molecule has 0 radical (unpaired) electrons. The fraction of sp³-hybridized carbons (Fsp3) is 0.333. The lowest BCUT2D eigenvalue weighted by atomic mass is 9.90. The molecule has 11 nitrogen and oxygen atoms in total. The van der Waals surface area contributed by atoms with Gasteiger partial charge in [-0.05, 0) is 24.1 Å². The highest BCUT2D eigenvalue weighted by Gasteiger charge is 2.54. The number of phosphoric ester groups is 1. The Labute approximate surface area is 224 Å². The molecule has 2 aromatic heterocycles. The predicted molar refractivity (Wildman–Crippen MR) is 141 cm³/mol. The lowest BCUT2D eigenvalue weighted by Crippen LogP contribution is -2.44. The number of fused-ring (bicyclic) bond motifs is 1. The first-order valence-corrected chi connectivity index (χ1v) is 14.0. The third-order valence-corrected chi connectivity index (χ3v) is 8.74. The number of rotatable bonds is 6. The Hall–Kier alpha value is -3.15. The number of aliphatic hydroxyl groups excluding tert-OH is 1. The molecule has 204 valence electrons. The summed E-state index contributed by atoms with van der Waals surface area (Å²) in [7, 11) is -4.06. The minimum atomic E-state index is -4.06. The summed E-state index contributed by atoms with van der Waals surface area (Å²) in [6.07, 6.45) is -1.07. The first-order chi connectivity index (χ1) is 18.8. The van der Waals surface area contributed by atoms with Gasteiger partial charge in [0.2, 0.25) is 0 Å². The number of phosphoric acid groups is 1. The largest absolute Gasteiger partial charge is 0.475 e. The van der Waals surface area contributed by atoms with Gasteiger partial charge in [-0.3, -0.25) is 13.6 Å². The summed E-state index contributed by atoms with van der Waals surface area (Å²) in [5.41, 5.74) is 6.46. The zero-order valence-electron chi connectivity index (χ0n) is 21.1. The lowest BCUT2D eigenvalue weighted by Gasteiger charge is -2.36. The van der Waals surface area contributed by atoms with Crippen LogP contribution in [0.4, 0.5) is 5.82 Å². The van der Waals surface area contributed by atoms with Crippen molar-refractivity contribution in [3.05, 3.63) is 90.4 Å². The summed E-state index contributed by atoms with van der Waals surface area (Å²) in [4.78, 5) is 8.22. The first kappa shape index (κ1) is 26.1. The predicted octanol–water partition coefficient (Wildman–Crippen LogP) is 3.72. The van der Waals surface area contributed by atoms with E-state index in [1.54, 1.807) is 16.8 Å². The molecule has 0 amide bonds. The van der Waals surface area contributed by atoms with E-state index in [4.69, 9.17) is 24.0 Å². The molecule has 4 aromatic rings. The van der Waals surface area contributed by atoms with Gasteiger partial charge in [-0.1, -0.05) is 60.7 Å². The van der Waals surface area contributed by atoms with Gasteiger partial charge in [0, 0.05) is 12.1 Å². The number of nitrogen functional groups attached to an aromatic ring is 1.